The molecule has 2 nitrogen and oxygen atoms in total. The molecule has 0 bridgehead atoms. The van der Waals surface area contributed by atoms with Gasteiger partial charge in [0.05, 0.1) is 11.7 Å². The number of hydrogen-bond acceptors (Lipinski definition) is 2. The van der Waals surface area contributed by atoms with Crippen LogP contribution in [-0.4, -0.2) is 42.1 Å². The van der Waals surface area contributed by atoms with Crippen LogP contribution in [0.15, 0.2) is 0 Å². The first-order valence-electron chi connectivity index (χ1n) is 7.74. The van der Waals surface area contributed by atoms with Gasteiger partial charge in [-0.3, -0.25) is 4.90 Å². The Morgan fingerprint density at radius 2 is 2.00 bits per heavy atom. The zero-order valence-electron chi connectivity index (χ0n) is 11.8. The molecule has 18 heavy (non-hydrogen) atoms. The van der Waals surface area contributed by atoms with E-state index in [0.29, 0.717) is 6.10 Å². The second-order valence-electron chi connectivity index (χ2n) is 6.01. The lowest BCUT2D eigenvalue weighted by molar-refractivity contribution is -0.0468. The van der Waals surface area contributed by atoms with Gasteiger partial charge in [-0.15, -0.1) is 11.6 Å². The van der Waals surface area contributed by atoms with Gasteiger partial charge in [0.25, 0.3) is 0 Å². The van der Waals surface area contributed by atoms with Crippen molar-refractivity contribution in [1.29, 1.82) is 0 Å². The number of unbranched alkanes of at least 4 members (excludes halogenated alkanes) is 1. The van der Waals surface area contributed by atoms with Crippen molar-refractivity contribution in [2.75, 3.05) is 25.5 Å². The number of halogens is 1. The third-order valence-electron chi connectivity index (χ3n) is 4.54. The van der Waals surface area contributed by atoms with E-state index in [4.69, 9.17) is 16.3 Å². The van der Waals surface area contributed by atoms with Crippen LogP contribution < -0.4 is 0 Å². The molecule has 1 saturated carbocycles. The van der Waals surface area contributed by atoms with E-state index in [9.17, 15) is 0 Å². The zero-order valence-corrected chi connectivity index (χ0v) is 12.6. The van der Waals surface area contributed by atoms with E-state index >= 15 is 0 Å². The second-order valence-corrected chi connectivity index (χ2v) is 6.39. The summed E-state index contributed by atoms with van der Waals surface area (Å²) in [6.07, 6.45) is 10.9. The molecule has 1 atom stereocenters. The Morgan fingerprint density at radius 3 is 2.67 bits per heavy atom. The van der Waals surface area contributed by atoms with E-state index in [1.165, 1.54) is 57.9 Å². The molecule has 2 aliphatic rings. The predicted octanol–water partition coefficient (Wildman–Crippen LogP) is 3.82. The van der Waals surface area contributed by atoms with Crippen LogP contribution in [0.3, 0.4) is 0 Å². The average Bonchev–Trinajstić information content (AvgIpc) is 2.98. The molecule has 2 fully saturated rings. The smallest absolute Gasteiger partial charge is 0.0710 e. The lowest BCUT2D eigenvalue weighted by atomic mass is 9.98. The largest absolute Gasteiger partial charge is 0.370 e. The minimum atomic E-state index is 0.280. The molecule has 0 N–H and O–H groups in total. The van der Waals surface area contributed by atoms with Crippen molar-refractivity contribution in [2.24, 2.45) is 0 Å². The van der Waals surface area contributed by atoms with Crippen LogP contribution in [-0.2, 0) is 4.74 Å². The third-order valence-corrected chi connectivity index (χ3v) is 4.71. The molecule has 1 unspecified atom stereocenters. The van der Waals surface area contributed by atoms with Crippen LogP contribution in [0, 0.1) is 0 Å². The summed E-state index contributed by atoms with van der Waals surface area (Å²) in [5.74, 6) is 0.738. The lowest BCUT2D eigenvalue weighted by Gasteiger charge is -2.27. The van der Waals surface area contributed by atoms with Gasteiger partial charge in [-0.05, 0) is 38.6 Å². The van der Waals surface area contributed by atoms with Crippen LogP contribution in [0.5, 0.6) is 0 Å². The van der Waals surface area contributed by atoms with E-state index in [0.717, 1.165) is 19.0 Å². The summed E-state index contributed by atoms with van der Waals surface area (Å²) in [6.45, 7) is 5.53. The summed E-state index contributed by atoms with van der Waals surface area (Å²) in [5.41, 5.74) is 0.280. The molecule has 1 aliphatic heterocycles. The third kappa shape index (κ3) is 3.85. The fourth-order valence-corrected chi connectivity index (χ4v) is 3.73. The first kappa shape index (κ1) is 14.6. The molecule has 0 radical (unpaired) electrons. The average molecular weight is 274 g/mol. The second kappa shape index (κ2) is 7.12. The SMILES string of the molecule is CCCCN(CCCl)CC1CCC2(CCCC2)O1. The first-order valence-corrected chi connectivity index (χ1v) is 8.27. The minimum absolute atomic E-state index is 0.280. The molecule has 0 aromatic heterocycles. The molecule has 0 aromatic carbocycles. The molecule has 2 rings (SSSR count). The normalized spacial score (nSPS) is 26.5. The number of rotatable bonds is 7. The van der Waals surface area contributed by atoms with Crippen LogP contribution in [0.4, 0.5) is 0 Å². The van der Waals surface area contributed by atoms with Gasteiger partial charge in [0.1, 0.15) is 0 Å². The molecular formula is C15H28ClNO. The van der Waals surface area contributed by atoms with Crippen LogP contribution in [0.25, 0.3) is 0 Å². The Hall–Kier alpha value is 0.210. The summed E-state index contributed by atoms with van der Waals surface area (Å²) >= 11 is 5.90. The maximum atomic E-state index is 6.38. The Labute approximate surface area is 117 Å². The van der Waals surface area contributed by atoms with Crippen molar-refractivity contribution in [1.82, 2.24) is 4.90 Å². The molecule has 1 aliphatic carbocycles. The van der Waals surface area contributed by atoms with Gasteiger partial charge < -0.3 is 4.74 Å². The zero-order chi connectivity index (χ0) is 12.8. The van der Waals surface area contributed by atoms with Crippen molar-refractivity contribution in [3.63, 3.8) is 0 Å². The van der Waals surface area contributed by atoms with Crippen molar-refractivity contribution in [3.05, 3.63) is 0 Å². The van der Waals surface area contributed by atoms with Crippen molar-refractivity contribution < 1.29 is 4.74 Å². The Balaban J connectivity index is 1.77. The Morgan fingerprint density at radius 1 is 1.22 bits per heavy atom. The number of alkyl halides is 1. The summed E-state index contributed by atoms with van der Waals surface area (Å²) in [6, 6.07) is 0. The van der Waals surface area contributed by atoms with Crippen molar-refractivity contribution in [3.8, 4) is 0 Å². The fourth-order valence-electron chi connectivity index (χ4n) is 3.49. The summed E-state index contributed by atoms with van der Waals surface area (Å²) in [7, 11) is 0. The van der Waals surface area contributed by atoms with Crippen molar-refractivity contribution in [2.45, 2.75) is 70.0 Å². The predicted molar refractivity (Wildman–Crippen MR) is 77.4 cm³/mol. The molecule has 3 heteroatoms. The summed E-state index contributed by atoms with van der Waals surface area (Å²) < 4.78 is 6.38. The van der Waals surface area contributed by atoms with Gasteiger partial charge in [-0.25, -0.2) is 0 Å². The summed E-state index contributed by atoms with van der Waals surface area (Å²) in [4.78, 5) is 2.50. The highest BCUT2D eigenvalue weighted by atomic mass is 35.5. The molecule has 1 heterocycles. The number of ether oxygens (including phenoxy) is 1. The van der Waals surface area contributed by atoms with Gasteiger partial charge in [0.15, 0.2) is 0 Å². The molecular weight excluding hydrogens is 246 g/mol. The molecule has 1 spiro atoms. The Kier molecular flexibility index (Phi) is 5.78. The highest BCUT2D eigenvalue weighted by Crippen LogP contribution is 2.43. The van der Waals surface area contributed by atoms with Crippen LogP contribution in [0.2, 0.25) is 0 Å². The summed E-state index contributed by atoms with van der Waals surface area (Å²) in [5, 5.41) is 0. The number of nitrogens with zero attached hydrogens (tertiary/aromatic N) is 1. The highest BCUT2D eigenvalue weighted by Gasteiger charge is 2.42. The quantitative estimate of drug-likeness (QED) is 0.654. The molecule has 1 saturated heterocycles. The molecule has 106 valence electrons. The van der Waals surface area contributed by atoms with Crippen molar-refractivity contribution >= 4 is 11.6 Å². The maximum absolute atomic E-state index is 6.38. The van der Waals surface area contributed by atoms with Crippen LogP contribution in [0.1, 0.15) is 58.3 Å². The maximum Gasteiger partial charge on any atom is 0.0710 e. The fraction of sp³-hybridized carbons (Fsp3) is 1.00. The number of hydrogen-bond donors (Lipinski definition) is 0. The lowest BCUT2D eigenvalue weighted by Crippen LogP contribution is -2.36. The minimum Gasteiger partial charge on any atom is -0.370 e. The van der Waals surface area contributed by atoms with Crippen LogP contribution >= 0.6 is 11.6 Å². The molecule has 0 amide bonds. The van der Waals surface area contributed by atoms with E-state index in [2.05, 4.69) is 11.8 Å². The van der Waals surface area contributed by atoms with E-state index in [1.54, 1.807) is 0 Å². The van der Waals surface area contributed by atoms with E-state index < -0.39 is 0 Å². The molecule has 0 aromatic rings. The highest BCUT2D eigenvalue weighted by molar-refractivity contribution is 6.18. The van der Waals surface area contributed by atoms with Gasteiger partial charge in [0, 0.05) is 19.0 Å². The topological polar surface area (TPSA) is 12.5 Å². The Bertz CT molecular complexity index is 241. The standard InChI is InChI=1S/C15H28ClNO/c1-2-3-11-17(12-10-16)13-14-6-9-15(18-14)7-4-5-8-15/h14H,2-13H2,1H3. The van der Waals surface area contributed by atoms with Gasteiger partial charge >= 0.3 is 0 Å². The van der Waals surface area contributed by atoms with Gasteiger partial charge in [-0.2, -0.15) is 0 Å². The first-order chi connectivity index (χ1) is 8.78. The van der Waals surface area contributed by atoms with E-state index in [1.807, 2.05) is 0 Å². The van der Waals surface area contributed by atoms with E-state index in [-0.39, 0.29) is 5.60 Å². The monoisotopic (exact) mass is 273 g/mol. The van der Waals surface area contributed by atoms with Gasteiger partial charge in [-0.1, -0.05) is 26.2 Å². The van der Waals surface area contributed by atoms with Gasteiger partial charge in [0.2, 0.25) is 0 Å².